The summed E-state index contributed by atoms with van der Waals surface area (Å²) in [6, 6.07) is 7.41. The van der Waals surface area contributed by atoms with Gasteiger partial charge in [0, 0.05) is 19.5 Å². The quantitative estimate of drug-likeness (QED) is 0.613. The second kappa shape index (κ2) is 7.65. The second-order valence-electron chi connectivity index (χ2n) is 6.89. The third-order valence-corrected chi connectivity index (χ3v) is 5.08. The van der Waals surface area contributed by atoms with E-state index in [-0.39, 0.29) is 11.9 Å². The Balaban J connectivity index is 1.52. The van der Waals surface area contributed by atoms with Crippen LogP contribution in [0.3, 0.4) is 0 Å². The van der Waals surface area contributed by atoms with Crippen LogP contribution in [0.15, 0.2) is 36.4 Å². The summed E-state index contributed by atoms with van der Waals surface area (Å²) < 4.78 is 5.49. The van der Waals surface area contributed by atoms with E-state index in [1.807, 2.05) is 17.0 Å². The highest BCUT2D eigenvalue weighted by atomic mass is 16.5. The molecule has 0 N–H and O–H groups in total. The molecular formula is C20H25NO3. The van der Waals surface area contributed by atoms with Crippen molar-refractivity contribution >= 4 is 11.9 Å². The topological polar surface area (TPSA) is 46.6 Å². The van der Waals surface area contributed by atoms with Crippen molar-refractivity contribution in [1.29, 1.82) is 0 Å². The van der Waals surface area contributed by atoms with Gasteiger partial charge >= 0.3 is 5.97 Å². The normalized spacial score (nSPS) is 23.5. The van der Waals surface area contributed by atoms with E-state index < -0.39 is 0 Å². The number of carbonyl (C=O) groups is 2. The number of nitrogens with zero attached hydrogens (tertiary/aromatic N) is 1. The van der Waals surface area contributed by atoms with Crippen LogP contribution in [0.5, 0.6) is 0 Å². The van der Waals surface area contributed by atoms with Crippen molar-refractivity contribution in [1.82, 2.24) is 4.90 Å². The first-order valence-electron chi connectivity index (χ1n) is 8.82. The van der Waals surface area contributed by atoms with E-state index >= 15 is 0 Å². The smallest absolute Gasteiger partial charge is 0.338 e. The largest absolute Gasteiger partial charge is 0.462 e. The van der Waals surface area contributed by atoms with Crippen LogP contribution in [-0.2, 0) is 16.1 Å². The first-order chi connectivity index (χ1) is 11.6. The molecule has 1 saturated heterocycles. The molecule has 1 heterocycles. The number of hydrogen-bond acceptors (Lipinski definition) is 3. The van der Waals surface area contributed by atoms with Gasteiger partial charge in [0.1, 0.15) is 0 Å². The molecule has 0 aromatic heterocycles. The molecule has 1 fully saturated rings. The summed E-state index contributed by atoms with van der Waals surface area (Å²) >= 11 is 0. The predicted molar refractivity (Wildman–Crippen MR) is 92.4 cm³/mol. The van der Waals surface area contributed by atoms with Crippen LogP contribution in [0.2, 0.25) is 0 Å². The van der Waals surface area contributed by atoms with Gasteiger partial charge in [-0.15, -0.1) is 0 Å². The Morgan fingerprint density at radius 2 is 1.96 bits per heavy atom. The van der Waals surface area contributed by atoms with Gasteiger partial charge in [0.25, 0.3) is 0 Å². The number of allylic oxidation sites excluding steroid dienone is 2. The standard InChI is InChI=1S/C20H25NO3/c1-15-5-2-3-6-18(15)14-24-20(23)17-10-8-16(9-11-17)13-21-12-4-7-19(21)22/h2-3,8-11,15,18H,4-7,12-14H2,1H3. The van der Waals surface area contributed by atoms with Gasteiger partial charge in [-0.2, -0.15) is 0 Å². The Kier molecular flexibility index (Phi) is 5.34. The van der Waals surface area contributed by atoms with Crippen molar-refractivity contribution in [3.63, 3.8) is 0 Å². The van der Waals surface area contributed by atoms with Gasteiger partial charge in [-0.1, -0.05) is 31.2 Å². The number of benzene rings is 1. The summed E-state index contributed by atoms with van der Waals surface area (Å²) in [7, 11) is 0. The minimum absolute atomic E-state index is 0.217. The Morgan fingerprint density at radius 1 is 1.21 bits per heavy atom. The first-order valence-corrected chi connectivity index (χ1v) is 8.82. The molecule has 2 aliphatic rings. The number of carbonyl (C=O) groups excluding carboxylic acids is 2. The van der Waals surface area contributed by atoms with E-state index in [1.165, 1.54) is 0 Å². The van der Waals surface area contributed by atoms with E-state index in [4.69, 9.17) is 4.74 Å². The van der Waals surface area contributed by atoms with Crippen LogP contribution in [0.25, 0.3) is 0 Å². The molecule has 1 aromatic carbocycles. The average Bonchev–Trinajstić information content (AvgIpc) is 2.99. The zero-order valence-electron chi connectivity index (χ0n) is 14.2. The van der Waals surface area contributed by atoms with Crippen LogP contribution >= 0.6 is 0 Å². The number of hydrogen-bond donors (Lipinski definition) is 0. The summed E-state index contributed by atoms with van der Waals surface area (Å²) in [5.74, 6) is 0.928. The fourth-order valence-corrected chi connectivity index (χ4v) is 3.34. The van der Waals surface area contributed by atoms with Crippen molar-refractivity contribution in [2.75, 3.05) is 13.2 Å². The molecule has 1 aliphatic carbocycles. The number of likely N-dealkylation sites (tertiary alicyclic amines) is 1. The van der Waals surface area contributed by atoms with Crippen LogP contribution in [-0.4, -0.2) is 29.9 Å². The predicted octanol–water partition coefficient (Wildman–Crippen LogP) is 3.57. The molecule has 4 heteroatoms. The highest BCUT2D eigenvalue weighted by molar-refractivity contribution is 5.89. The minimum Gasteiger partial charge on any atom is -0.462 e. The minimum atomic E-state index is -0.263. The van der Waals surface area contributed by atoms with Gasteiger partial charge < -0.3 is 9.64 Å². The zero-order valence-corrected chi connectivity index (χ0v) is 14.2. The molecule has 2 atom stereocenters. The zero-order chi connectivity index (χ0) is 16.9. The van der Waals surface area contributed by atoms with E-state index in [0.717, 1.165) is 31.4 Å². The van der Waals surface area contributed by atoms with Crippen LogP contribution in [0.1, 0.15) is 48.5 Å². The summed E-state index contributed by atoms with van der Waals surface area (Å²) in [6.45, 7) is 4.14. The lowest BCUT2D eigenvalue weighted by Crippen LogP contribution is -2.24. The van der Waals surface area contributed by atoms with Crippen LogP contribution < -0.4 is 0 Å². The number of ether oxygens (including phenoxy) is 1. The molecule has 1 aliphatic heterocycles. The van der Waals surface area contributed by atoms with Gasteiger partial charge in [0.05, 0.1) is 12.2 Å². The number of esters is 1. The third-order valence-electron chi connectivity index (χ3n) is 5.08. The first kappa shape index (κ1) is 16.7. The van der Waals surface area contributed by atoms with Crippen molar-refractivity contribution in [3.8, 4) is 0 Å². The Hall–Kier alpha value is -2.10. The van der Waals surface area contributed by atoms with E-state index in [0.29, 0.717) is 37.0 Å². The maximum Gasteiger partial charge on any atom is 0.338 e. The SMILES string of the molecule is CC1CC=CCC1COC(=O)c1ccc(CN2CCCC2=O)cc1. The van der Waals surface area contributed by atoms with Crippen molar-refractivity contribution < 1.29 is 14.3 Å². The molecule has 0 saturated carbocycles. The highest BCUT2D eigenvalue weighted by Crippen LogP contribution is 2.25. The summed E-state index contributed by atoms with van der Waals surface area (Å²) in [4.78, 5) is 25.7. The second-order valence-corrected chi connectivity index (χ2v) is 6.89. The number of amides is 1. The molecule has 3 rings (SSSR count). The lowest BCUT2D eigenvalue weighted by molar-refractivity contribution is -0.128. The fourth-order valence-electron chi connectivity index (χ4n) is 3.34. The van der Waals surface area contributed by atoms with Gasteiger partial charge in [-0.05, 0) is 48.8 Å². The van der Waals surface area contributed by atoms with Crippen LogP contribution in [0, 0.1) is 11.8 Å². The van der Waals surface area contributed by atoms with Crippen molar-refractivity contribution in [3.05, 3.63) is 47.5 Å². The maximum absolute atomic E-state index is 12.2. The van der Waals surface area contributed by atoms with Crippen molar-refractivity contribution in [2.24, 2.45) is 11.8 Å². The molecular weight excluding hydrogens is 302 g/mol. The average molecular weight is 327 g/mol. The lowest BCUT2D eigenvalue weighted by Gasteiger charge is -2.24. The monoisotopic (exact) mass is 327 g/mol. The van der Waals surface area contributed by atoms with E-state index in [1.54, 1.807) is 12.1 Å². The Bertz CT molecular complexity index is 620. The lowest BCUT2D eigenvalue weighted by atomic mass is 9.85. The molecule has 24 heavy (non-hydrogen) atoms. The van der Waals surface area contributed by atoms with Gasteiger partial charge in [-0.25, -0.2) is 4.79 Å². The van der Waals surface area contributed by atoms with Crippen LogP contribution in [0.4, 0.5) is 0 Å². The van der Waals surface area contributed by atoms with Gasteiger partial charge in [0.15, 0.2) is 0 Å². The summed E-state index contributed by atoms with van der Waals surface area (Å²) in [5.41, 5.74) is 1.62. The van der Waals surface area contributed by atoms with E-state index in [9.17, 15) is 9.59 Å². The van der Waals surface area contributed by atoms with Gasteiger partial charge in [-0.3, -0.25) is 4.79 Å². The molecule has 1 amide bonds. The highest BCUT2D eigenvalue weighted by Gasteiger charge is 2.21. The van der Waals surface area contributed by atoms with E-state index in [2.05, 4.69) is 19.1 Å². The van der Waals surface area contributed by atoms with Crippen molar-refractivity contribution in [2.45, 2.75) is 39.2 Å². The number of rotatable bonds is 5. The molecule has 128 valence electrons. The van der Waals surface area contributed by atoms with Gasteiger partial charge in [0.2, 0.25) is 5.91 Å². The molecule has 0 bridgehead atoms. The Labute approximate surface area is 143 Å². The molecule has 2 unspecified atom stereocenters. The third kappa shape index (κ3) is 4.05. The molecule has 0 spiro atoms. The fraction of sp³-hybridized carbons (Fsp3) is 0.500. The molecule has 4 nitrogen and oxygen atoms in total. The molecule has 0 radical (unpaired) electrons. The summed E-state index contributed by atoms with van der Waals surface area (Å²) in [6.07, 6.45) is 8.01. The maximum atomic E-state index is 12.2. The Morgan fingerprint density at radius 3 is 2.62 bits per heavy atom. The summed E-state index contributed by atoms with van der Waals surface area (Å²) in [5, 5.41) is 0. The molecule has 1 aromatic rings.